The number of fused-ring (bicyclic) bond motifs is 1. The molecule has 1 amide bonds. The van der Waals surface area contributed by atoms with Crippen LogP contribution >= 0.6 is 0 Å². The third-order valence-corrected chi connectivity index (χ3v) is 4.81. The summed E-state index contributed by atoms with van der Waals surface area (Å²) in [4.78, 5) is 19.0. The molecular formula is C23H28FN5O. The number of aliphatic imine (C=N–C) groups is 1. The lowest BCUT2D eigenvalue weighted by molar-refractivity contribution is -0.116. The third-order valence-electron chi connectivity index (χ3n) is 4.81. The maximum Gasteiger partial charge on any atom is 0.224 e. The van der Waals surface area contributed by atoms with Crippen LogP contribution in [-0.4, -0.2) is 30.4 Å². The Balaban J connectivity index is 1.46. The van der Waals surface area contributed by atoms with Crippen LogP contribution in [0.1, 0.15) is 30.9 Å². The number of nitrogens with zero attached hydrogens (tertiary/aromatic N) is 1. The monoisotopic (exact) mass is 409 g/mol. The van der Waals surface area contributed by atoms with Crippen molar-refractivity contribution in [1.29, 1.82) is 0 Å². The van der Waals surface area contributed by atoms with Crippen molar-refractivity contribution in [3.05, 3.63) is 65.6 Å². The molecule has 3 rings (SSSR count). The summed E-state index contributed by atoms with van der Waals surface area (Å²) in [5.74, 6) is 0.504. The van der Waals surface area contributed by atoms with E-state index in [0.29, 0.717) is 25.5 Å². The first-order chi connectivity index (χ1) is 14.6. The Morgan fingerprint density at radius 1 is 1.13 bits per heavy atom. The molecule has 0 radical (unpaired) electrons. The lowest BCUT2D eigenvalue weighted by Gasteiger charge is -2.12. The van der Waals surface area contributed by atoms with Gasteiger partial charge in [0.15, 0.2) is 5.96 Å². The molecular weight excluding hydrogens is 381 g/mol. The minimum atomic E-state index is -0.241. The second kappa shape index (κ2) is 10.4. The van der Waals surface area contributed by atoms with Crippen molar-refractivity contribution in [2.75, 3.05) is 18.9 Å². The van der Waals surface area contributed by atoms with E-state index in [-0.39, 0.29) is 11.7 Å². The van der Waals surface area contributed by atoms with Crippen LogP contribution in [0.4, 0.5) is 10.1 Å². The van der Waals surface area contributed by atoms with Gasteiger partial charge >= 0.3 is 0 Å². The fourth-order valence-electron chi connectivity index (χ4n) is 3.24. The van der Waals surface area contributed by atoms with E-state index in [1.165, 1.54) is 12.1 Å². The number of aromatic amines is 1. The first-order valence-electron chi connectivity index (χ1n) is 10.2. The van der Waals surface area contributed by atoms with E-state index in [9.17, 15) is 9.18 Å². The number of carbonyl (C=O) groups excluding carboxylic acids is 1. The second-order valence-corrected chi connectivity index (χ2v) is 7.10. The quantitative estimate of drug-likeness (QED) is 0.336. The van der Waals surface area contributed by atoms with E-state index in [1.807, 2.05) is 37.4 Å². The number of amides is 1. The van der Waals surface area contributed by atoms with Crippen LogP contribution in [0, 0.1) is 5.82 Å². The van der Waals surface area contributed by atoms with Crippen LogP contribution in [0.5, 0.6) is 0 Å². The topological polar surface area (TPSA) is 81.3 Å². The van der Waals surface area contributed by atoms with Crippen molar-refractivity contribution in [2.24, 2.45) is 4.99 Å². The Kier molecular flexibility index (Phi) is 7.43. The molecule has 0 atom stereocenters. The van der Waals surface area contributed by atoms with Crippen LogP contribution in [0.15, 0.2) is 53.7 Å². The summed E-state index contributed by atoms with van der Waals surface area (Å²) >= 11 is 0. The number of guanidine groups is 1. The molecule has 0 spiro atoms. The van der Waals surface area contributed by atoms with E-state index in [0.717, 1.165) is 40.6 Å². The number of halogens is 1. The zero-order chi connectivity index (χ0) is 21.3. The molecule has 7 heteroatoms. The number of rotatable bonds is 8. The fraction of sp³-hybridized carbons (Fsp3) is 0.304. The Bertz CT molecular complexity index is 1010. The van der Waals surface area contributed by atoms with Gasteiger partial charge in [0.05, 0.1) is 0 Å². The average molecular weight is 410 g/mol. The van der Waals surface area contributed by atoms with Gasteiger partial charge in [-0.2, -0.15) is 0 Å². The van der Waals surface area contributed by atoms with E-state index in [1.54, 1.807) is 13.1 Å². The van der Waals surface area contributed by atoms with Crippen LogP contribution in [-0.2, 0) is 17.8 Å². The molecule has 0 aliphatic rings. The first-order valence-corrected chi connectivity index (χ1v) is 10.2. The van der Waals surface area contributed by atoms with Crippen LogP contribution in [0.3, 0.4) is 0 Å². The zero-order valence-electron chi connectivity index (χ0n) is 17.4. The number of aromatic nitrogens is 1. The molecule has 4 N–H and O–H groups in total. The van der Waals surface area contributed by atoms with Gasteiger partial charge in [-0.3, -0.25) is 9.79 Å². The van der Waals surface area contributed by atoms with Crippen molar-refractivity contribution in [1.82, 2.24) is 15.6 Å². The highest BCUT2D eigenvalue weighted by molar-refractivity contribution is 5.90. The molecule has 0 saturated carbocycles. The summed E-state index contributed by atoms with van der Waals surface area (Å²) in [6.45, 7) is 3.30. The normalized spacial score (nSPS) is 11.5. The molecule has 0 saturated heterocycles. The number of hydrogen-bond acceptors (Lipinski definition) is 2. The van der Waals surface area contributed by atoms with E-state index >= 15 is 0 Å². The van der Waals surface area contributed by atoms with Gasteiger partial charge in [-0.05, 0) is 54.3 Å². The van der Waals surface area contributed by atoms with E-state index < -0.39 is 0 Å². The van der Waals surface area contributed by atoms with Gasteiger partial charge in [-0.1, -0.05) is 19.1 Å². The van der Waals surface area contributed by atoms with Gasteiger partial charge in [0.1, 0.15) is 5.82 Å². The van der Waals surface area contributed by atoms with Gasteiger partial charge in [0, 0.05) is 49.3 Å². The number of hydrogen-bond donors (Lipinski definition) is 4. The van der Waals surface area contributed by atoms with Gasteiger partial charge < -0.3 is 20.9 Å². The standard InChI is InChI=1S/C23H28FN5O/c1-3-4-22(30)29-19-8-5-16(6-9-19)14-28-23(25-2)26-12-11-17-15-27-21-13-18(24)7-10-20(17)21/h5-10,13,15,27H,3-4,11-12,14H2,1-2H3,(H,29,30)(H2,25,26,28). The van der Waals surface area contributed by atoms with Crippen molar-refractivity contribution in [2.45, 2.75) is 32.7 Å². The number of anilines is 1. The van der Waals surface area contributed by atoms with Crippen LogP contribution in [0.25, 0.3) is 10.9 Å². The fourth-order valence-corrected chi connectivity index (χ4v) is 3.24. The van der Waals surface area contributed by atoms with E-state index in [4.69, 9.17) is 0 Å². The minimum Gasteiger partial charge on any atom is -0.361 e. The number of nitrogens with one attached hydrogen (secondary N) is 4. The maximum atomic E-state index is 13.3. The molecule has 0 bridgehead atoms. The third kappa shape index (κ3) is 5.83. The van der Waals surface area contributed by atoms with Gasteiger partial charge in [-0.15, -0.1) is 0 Å². The summed E-state index contributed by atoms with van der Waals surface area (Å²) in [5, 5.41) is 10.5. The molecule has 30 heavy (non-hydrogen) atoms. The Hall–Kier alpha value is -3.35. The predicted molar refractivity (Wildman–Crippen MR) is 120 cm³/mol. The van der Waals surface area contributed by atoms with Crippen molar-refractivity contribution in [3.63, 3.8) is 0 Å². The Morgan fingerprint density at radius 3 is 2.67 bits per heavy atom. The Labute approximate surface area is 176 Å². The highest BCUT2D eigenvalue weighted by Gasteiger charge is 2.06. The summed E-state index contributed by atoms with van der Waals surface area (Å²) in [7, 11) is 1.73. The number of benzene rings is 2. The second-order valence-electron chi connectivity index (χ2n) is 7.10. The van der Waals surface area contributed by atoms with E-state index in [2.05, 4.69) is 25.9 Å². The highest BCUT2D eigenvalue weighted by atomic mass is 19.1. The molecule has 0 aliphatic heterocycles. The van der Waals surface area contributed by atoms with Gasteiger partial charge in [0.25, 0.3) is 0 Å². The summed E-state index contributed by atoms with van der Waals surface area (Å²) in [6.07, 6.45) is 4.07. The Morgan fingerprint density at radius 2 is 1.93 bits per heavy atom. The molecule has 1 aromatic heterocycles. The molecule has 2 aromatic carbocycles. The summed E-state index contributed by atoms with van der Waals surface area (Å²) in [5.41, 5.74) is 3.83. The largest absolute Gasteiger partial charge is 0.361 e. The van der Waals surface area contributed by atoms with Crippen molar-refractivity contribution in [3.8, 4) is 0 Å². The smallest absolute Gasteiger partial charge is 0.224 e. The van der Waals surface area contributed by atoms with Crippen molar-refractivity contribution >= 4 is 28.5 Å². The summed E-state index contributed by atoms with van der Waals surface area (Å²) < 4.78 is 13.3. The van der Waals surface area contributed by atoms with Crippen molar-refractivity contribution < 1.29 is 9.18 Å². The van der Waals surface area contributed by atoms with Gasteiger partial charge in [-0.25, -0.2) is 4.39 Å². The first kappa shape index (κ1) is 21.4. The lowest BCUT2D eigenvalue weighted by Crippen LogP contribution is -2.37. The molecule has 158 valence electrons. The molecule has 3 aromatic rings. The average Bonchev–Trinajstić information content (AvgIpc) is 3.13. The molecule has 6 nitrogen and oxygen atoms in total. The minimum absolute atomic E-state index is 0.0355. The maximum absolute atomic E-state index is 13.3. The predicted octanol–water partition coefficient (Wildman–Crippen LogP) is 3.95. The SMILES string of the molecule is CCCC(=O)Nc1ccc(CNC(=NC)NCCc2c[nH]c3cc(F)ccc23)cc1. The van der Waals surface area contributed by atoms with Crippen LogP contribution in [0.2, 0.25) is 0 Å². The van der Waals surface area contributed by atoms with Gasteiger partial charge in [0.2, 0.25) is 5.91 Å². The molecule has 1 heterocycles. The molecule has 0 aliphatic carbocycles. The lowest BCUT2D eigenvalue weighted by atomic mass is 10.1. The molecule has 0 fully saturated rings. The summed E-state index contributed by atoms with van der Waals surface area (Å²) in [6, 6.07) is 12.6. The molecule has 0 unspecified atom stereocenters. The highest BCUT2D eigenvalue weighted by Crippen LogP contribution is 2.19. The number of carbonyl (C=O) groups is 1. The zero-order valence-corrected chi connectivity index (χ0v) is 17.4. The van der Waals surface area contributed by atoms with Crippen LogP contribution < -0.4 is 16.0 Å². The number of H-pyrrole nitrogens is 1.